The molecule has 2 aliphatic heterocycles. The molecule has 0 aromatic rings. The Bertz CT molecular complexity index is 457. The number of nitrogens with zero attached hydrogens (tertiary/aromatic N) is 2. The highest BCUT2D eigenvalue weighted by atomic mass is 16.5. The summed E-state index contributed by atoms with van der Waals surface area (Å²) in [7, 11) is 1.82. The molecule has 2 fully saturated rings. The van der Waals surface area contributed by atoms with E-state index in [1.165, 1.54) is 0 Å². The van der Waals surface area contributed by atoms with Crippen molar-refractivity contribution in [3.63, 3.8) is 0 Å². The maximum atomic E-state index is 5.87. The van der Waals surface area contributed by atoms with E-state index >= 15 is 0 Å². The molecule has 2 atom stereocenters. The topological polar surface area (TPSA) is 67.4 Å². The summed E-state index contributed by atoms with van der Waals surface area (Å²) in [5.41, 5.74) is 0.0384. The maximum Gasteiger partial charge on any atom is 0.191 e. The van der Waals surface area contributed by atoms with Crippen LogP contribution >= 0.6 is 0 Å². The van der Waals surface area contributed by atoms with Gasteiger partial charge >= 0.3 is 0 Å². The van der Waals surface area contributed by atoms with Crippen molar-refractivity contribution in [1.82, 2.24) is 15.5 Å². The van der Waals surface area contributed by atoms with E-state index in [9.17, 15) is 0 Å². The van der Waals surface area contributed by atoms with Crippen molar-refractivity contribution < 1.29 is 14.2 Å². The molecule has 2 aliphatic rings. The molecule has 2 heterocycles. The number of rotatable bonds is 9. The Kier molecular flexibility index (Phi) is 9.99. The lowest BCUT2D eigenvalue weighted by Gasteiger charge is -2.45. The molecular weight excluding hydrogens is 356 g/mol. The standard InChI is InChI=1S/C21H42N4O3/c1-17-13-25(14-18(2)28-17)21(3,4)16-24-20(22-5)23-9-6-10-27-15-19-7-11-26-12-8-19/h17-19H,6-16H2,1-5H3,(H2,22,23,24). The summed E-state index contributed by atoms with van der Waals surface area (Å²) in [5, 5.41) is 6.88. The molecule has 7 heteroatoms. The summed E-state index contributed by atoms with van der Waals surface area (Å²) in [6.07, 6.45) is 3.80. The van der Waals surface area contributed by atoms with Crippen LogP contribution in [0.5, 0.6) is 0 Å². The van der Waals surface area contributed by atoms with Gasteiger partial charge < -0.3 is 24.8 Å². The first-order valence-corrected chi connectivity index (χ1v) is 10.9. The third-order valence-electron chi connectivity index (χ3n) is 5.64. The van der Waals surface area contributed by atoms with Crippen LogP contribution in [0.2, 0.25) is 0 Å². The van der Waals surface area contributed by atoms with Crippen molar-refractivity contribution >= 4 is 5.96 Å². The quantitative estimate of drug-likeness (QED) is 0.351. The molecule has 2 saturated heterocycles. The first-order chi connectivity index (χ1) is 13.4. The minimum atomic E-state index is 0.0384. The van der Waals surface area contributed by atoms with Crippen LogP contribution < -0.4 is 10.6 Å². The van der Waals surface area contributed by atoms with Crippen molar-refractivity contribution in [2.75, 3.05) is 59.7 Å². The lowest BCUT2D eigenvalue weighted by Crippen LogP contribution is -2.59. The van der Waals surface area contributed by atoms with Gasteiger partial charge in [0.25, 0.3) is 0 Å². The van der Waals surface area contributed by atoms with Crippen molar-refractivity contribution in [2.45, 2.75) is 64.7 Å². The van der Waals surface area contributed by atoms with E-state index in [-0.39, 0.29) is 17.7 Å². The predicted octanol–water partition coefficient (Wildman–Crippen LogP) is 1.87. The molecule has 2 N–H and O–H groups in total. The van der Waals surface area contributed by atoms with E-state index in [2.05, 4.69) is 48.2 Å². The Morgan fingerprint density at radius 1 is 1.14 bits per heavy atom. The molecule has 164 valence electrons. The molecule has 0 aromatic heterocycles. The first-order valence-electron chi connectivity index (χ1n) is 10.9. The van der Waals surface area contributed by atoms with Crippen molar-refractivity contribution in [1.29, 1.82) is 0 Å². The summed E-state index contributed by atoms with van der Waals surface area (Å²) in [6, 6.07) is 0. The van der Waals surface area contributed by atoms with Crippen LogP contribution in [0.15, 0.2) is 4.99 Å². The van der Waals surface area contributed by atoms with E-state index in [1.54, 1.807) is 0 Å². The molecule has 2 rings (SSSR count). The van der Waals surface area contributed by atoms with Crippen LogP contribution in [0.4, 0.5) is 0 Å². The van der Waals surface area contributed by atoms with E-state index in [0.29, 0.717) is 5.92 Å². The smallest absolute Gasteiger partial charge is 0.191 e. The molecule has 7 nitrogen and oxygen atoms in total. The van der Waals surface area contributed by atoms with Gasteiger partial charge in [-0.3, -0.25) is 9.89 Å². The fourth-order valence-corrected chi connectivity index (χ4v) is 3.85. The summed E-state index contributed by atoms with van der Waals surface area (Å²) in [5.74, 6) is 1.52. The van der Waals surface area contributed by atoms with Gasteiger partial charge in [0, 0.05) is 65.2 Å². The number of aliphatic imine (C=N–C) groups is 1. The second kappa shape index (κ2) is 12.0. The largest absolute Gasteiger partial charge is 0.381 e. The molecule has 0 spiro atoms. The Hall–Kier alpha value is -0.890. The molecule has 0 aromatic carbocycles. The summed E-state index contributed by atoms with van der Waals surface area (Å²) in [4.78, 5) is 6.86. The Morgan fingerprint density at radius 3 is 2.46 bits per heavy atom. The number of guanidine groups is 1. The number of hydrogen-bond acceptors (Lipinski definition) is 5. The average Bonchev–Trinajstić information content (AvgIpc) is 2.67. The predicted molar refractivity (Wildman–Crippen MR) is 114 cm³/mol. The first kappa shape index (κ1) is 23.4. The summed E-state index contributed by atoms with van der Waals surface area (Å²) >= 11 is 0. The van der Waals surface area contributed by atoms with Crippen molar-refractivity contribution in [3.05, 3.63) is 0 Å². The fourth-order valence-electron chi connectivity index (χ4n) is 3.85. The monoisotopic (exact) mass is 398 g/mol. The number of nitrogens with one attached hydrogen (secondary N) is 2. The van der Waals surface area contributed by atoms with Gasteiger partial charge in [0.15, 0.2) is 5.96 Å². The van der Waals surface area contributed by atoms with Gasteiger partial charge in [-0.15, -0.1) is 0 Å². The van der Waals surface area contributed by atoms with Gasteiger partial charge in [-0.2, -0.15) is 0 Å². The number of ether oxygens (including phenoxy) is 3. The summed E-state index contributed by atoms with van der Waals surface area (Å²) in [6.45, 7) is 15.9. The Morgan fingerprint density at radius 2 is 1.82 bits per heavy atom. The highest BCUT2D eigenvalue weighted by Gasteiger charge is 2.33. The number of morpholine rings is 1. The lowest BCUT2D eigenvalue weighted by molar-refractivity contribution is -0.0946. The zero-order chi connectivity index (χ0) is 20.4. The minimum absolute atomic E-state index is 0.0384. The lowest BCUT2D eigenvalue weighted by atomic mass is 10.00. The van der Waals surface area contributed by atoms with Crippen LogP contribution in [0.25, 0.3) is 0 Å². The van der Waals surface area contributed by atoms with Crippen LogP contribution in [-0.4, -0.2) is 88.3 Å². The van der Waals surface area contributed by atoms with Crippen LogP contribution in [0.3, 0.4) is 0 Å². The van der Waals surface area contributed by atoms with Gasteiger partial charge in [0.1, 0.15) is 0 Å². The Balaban J connectivity index is 1.59. The third-order valence-corrected chi connectivity index (χ3v) is 5.64. The van der Waals surface area contributed by atoms with Gasteiger partial charge in [-0.05, 0) is 52.9 Å². The second-order valence-electron chi connectivity index (χ2n) is 8.81. The second-order valence-corrected chi connectivity index (χ2v) is 8.81. The zero-order valence-electron chi connectivity index (χ0n) is 18.6. The molecule has 0 amide bonds. The van der Waals surface area contributed by atoms with E-state index < -0.39 is 0 Å². The van der Waals surface area contributed by atoms with Gasteiger partial charge in [-0.1, -0.05) is 0 Å². The highest BCUT2D eigenvalue weighted by Crippen LogP contribution is 2.20. The Labute approximate surface area is 171 Å². The maximum absolute atomic E-state index is 5.87. The van der Waals surface area contributed by atoms with Crippen molar-refractivity contribution in [2.24, 2.45) is 10.9 Å². The molecule has 0 bridgehead atoms. The van der Waals surface area contributed by atoms with Crippen LogP contribution in [0, 0.1) is 5.92 Å². The SMILES string of the molecule is CN=C(NCCCOCC1CCOCC1)NCC(C)(C)N1CC(C)OC(C)C1. The third kappa shape index (κ3) is 8.23. The molecular formula is C21H42N4O3. The van der Waals surface area contributed by atoms with E-state index in [0.717, 1.165) is 77.8 Å². The highest BCUT2D eigenvalue weighted by molar-refractivity contribution is 5.79. The average molecular weight is 399 g/mol. The molecule has 0 radical (unpaired) electrons. The van der Waals surface area contributed by atoms with E-state index in [4.69, 9.17) is 14.2 Å². The van der Waals surface area contributed by atoms with E-state index in [1.807, 2.05) is 7.05 Å². The summed E-state index contributed by atoms with van der Waals surface area (Å²) < 4.78 is 17.1. The van der Waals surface area contributed by atoms with Crippen LogP contribution in [0.1, 0.15) is 47.0 Å². The van der Waals surface area contributed by atoms with Gasteiger partial charge in [-0.25, -0.2) is 0 Å². The van der Waals surface area contributed by atoms with Crippen molar-refractivity contribution in [3.8, 4) is 0 Å². The molecule has 0 saturated carbocycles. The normalized spacial score (nSPS) is 25.7. The minimum Gasteiger partial charge on any atom is -0.381 e. The van der Waals surface area contributed by atoms with Gasteiger partial charge in [0.2, 0.25) is 0 Å². The number of hydrogen-bond donors (Lipinski definition) is 2. The van der Waals surface area contributed by atoms with Gasteiger partial charge in [0.05, 0.1) is 12.2 Å². The molecule has 2 unspecified atom stereocenters. The molecule has 0 aliphatic carbocycles. The van der Waals surface area contributed by atoms with Crippen LogP contribution in [-0.2, 0) is 14.2 Å². The zero-order valence-corrected chi connectivity index (χ0v) is 18.6. The molecule has 28 heavy (non-hydrogen) atoms. The fraction of sp³-hybridized carbons (Fsp3) is 0.952.